The summed E-state index contributed by atoms with van der Waals surface area (Å²) in [6.07, 6.45) is 1.79. The van der Waals surface area contributed by atoms with E-state index in [9.17, 15) is 5.11 Å². The predicted octanol–water partition coefficient (Wildman–Crippen LogP) is 3.74. The van der Waals surface area contributed by atoms with Crippen LogP contribution in [0.3, 0.4) is 0 Å². The summed E-state index contributed by atoms with van der Waals surface area (Å²) in [7, 11) is 0. The van der Waals surface area contributed by atoms with Gasteiger partial charge in [-0.3, -0.25) is 4.98 Å². The van der Waals surface area contributed by atoms with E-state index < -0.39 is 6.10 Å². The van der Waals surface area contributed by atoms with Crippen LogP contribution in [0.4, 0.5) is 0 Å². The Morgan fingerprint density at radius 3 is 2.67 bits per heavy atom. The molecule has 18 heavy (non-hydrogen) atoms. The van der Waals surface area contributed by atoms with Crippen molar-refractivity contribution >= 4 is 15.9 Å². The number of aromatic nitrogens is 1. The highest BCUT2D eigenvalue weighted by molar-refractivity contribution is 9.10. The normalized spacial score (nSPS) is 12.4. The molecule has 1 aromatic carbocycles. The Balaban J connectivity index is 2.19. The highest BCUT2D eigenvalue weighted by atomic mass is 79.9. The van der Waals surface area contributed by atoms with Gasteiger partial charge in [0, 0.05) is 22.8 Å². The third-order valence-corrected chi connectivity index (χ3v) is 3.94. The minimum Gasteiger partial charge on any atom is -0.388 e. The van der Waals surface area contributed by atoms with Crippen molar-refractivity contribution in [2.45, 2.75) is 26.4 Å². The van der Waals surface area contributed by atoms with Crippen LogP contribution in [0.2, 0.25) is 0 Å². The Morgan fingerprint density at radius 2 is 2.00 bits per heavy atom. The summed E-state index contributed by atoms with van der Waals surface area (Å²) >= 11 is 3.49. The number of aryl methyl sites for hydroxylation is 2. The third kappa shape index (κ3) is 2.98. The zero-order valence-corrected chi connectivity index (χ0v) is 12.1. The first kappa shape index (κ1) is 13.2. The first-order valence-electron chi connectivity index (χ1n) is 5.92. The lowest BCUT2D eigenvalue weighted by molar-refractivity contribution is 0.177. The highest BCUT2D eigenvalue weighted by Gasteiger charge is 2.11. The molecule has 0 saturated heterocycles. The molecule has 0 aliphatic heterocycles. The van der Waals surface area contributed by atoms with Crippen LogP contribution in [-0.2, 0) is 6.42 Å². The van der Waals surface area contributed by atoms with E-state index in [1.807, 2.05) is 44.2 Å². The molecule has 0 radical (unpaired) electrons. The van der Waals surface area contributed by atoms with Crippen LogP contribution < -0.4 is 0 Å². The first-order chi connectivity index (χ1) is 8.58. The van der Waals surface area contributed by atoms with Gasteiger partial charge < -0.3 is 5.11 Å². The Labute approximate surface area is 116 Å². The van der Waals surface area contributed by atoms with Crippen molar-refractivity contribution in [3.8, 4) is 0 Å². The number of pyridine rings is 1. The average molecular weight is 306 g/mol. The van der Waals surface area contributed by atoms with Crippen molar-refractivity contribution in [3.63, 3.8) is 0 Å². The SMILES string of the molecule is Cc1ccc(C(O)Cc2ncccc2C)cc1Br. The summed E-state index contributed by atoms with van der Waals surface area (Å²) in [5.74, 6) is 0. The molecule has 2 aromatic rings. The van der Waals surface area contributed by atoms with Gasteiger partial charge >= 0.3 is 0 Å². The van der Waals surface area contributed by atoms with Crippen LogP contribution in [0, 0.1) is 13.8 Å². The van der Waals surface area contributed by atoms with E-state index >= 15 is 0 Å². The number of halogens is 1. The van der Waals surface area contributed by atoms with Gasteiger partial charge in [-0.15, -0.1) is 0 Å². The third-order valence-electron chi connectivity index (χ3n) is 3.09. The smallest absolute Gasteiger partial charge is 0.0845 e. The second-order valence-corrected chi connectivity index (χ2v) is 5.35. The fourth-order valence-electron chi connectivity index (χ4n) is 1.85. The molecule has 1 atom stereocenters. The molecule has 1 N–H and O–H groups in total. The fourth-order valence-corrected chi connectivity index (χ4v) is 2.25. The number of hydrogen-bond donors (Lipinski definition) is 1. The Kier molecular flexibility index (Phi) is 4.15. The van der Waals surface area contributed by atoms with Crippen LogP contribution in [0.15, 0.2) is 41.0 Å². The Morgan fingerprint density at radius 1 is 1.22 bits per heavy atom. The monoisotopic (exact) mass is 305 g/mol. The molecule has 0 saturated carbocycles. The molecule has 94 valence electrons. The van der Waals surface area contributed by atoms with Crippen molar-refractivity contribution in [2.24, 2.45) is 0 Å². The zero-order chi connectivity index (χ0) is 13.1. The molecule has 2 nitrogen and oxygen atoms in total. The van der Waals surface area contributed by atoms with E-state index in [0.717, 1.165) is 21.3 Å². The zero-order valence-electron chi connectivity index (χ0n) is 10.5. The molecule has 1 aromatic heterocycles. The second kappa shape index (κ2) is 5.63. The molecule has 0 aliphatic carbocycles. The maximum atomic E-state index is 10.3. The van der Waals surface area contributed by atoms with Gasteiger partial charge in [0.1, 0.15) is 0 Å². The van der Waals surface area contributed by atoms with Crippen molar-refractivity contribution in [3.05, 3.63) is 63.4 Å². The number of rotatable bonds is 3. The number of benzene rings is 1. The van der Waals surface area contributed by atoms with Crippen LogP contribution in [-0.4, -0.2) is 10.1 Å². The summed E-state index contributed by atoms with van der Waals surface area (Å²) in [5.41, 5.74) is 4.14. The highest BCUT2D eigenvalue weighted by Crippen LogP contribution is 2.24. The average Bonchev–Trinajstić information content (AvgIpc) is 2.35. The van der Waals surface area contributed by atoms with Gasteiger partial charge in [0.05, 0.1) is 6.10 Å². The van der Waals surface area contributed by atoms with E-state index in [-0.39, 0.29) is 0 Å². The molecule has 1 unspecified atom stereocenters. The van der Waals surface area contributed by atoms with E-state index in [2.05, 4.69) is 20.9 Å². The molecule has 1 heterocycles. The van der Waals surface area contributed by atoms with Gasteiger partial charge in [-0.05, 0) is 42.7 Å². The van der Waals surface area contributed by atoms with Crippen LogP contribution >= 0.6 is 15.9 Å². The fraction of sp³-hybridized carbons (Fsp3) is 0.267. The second-order valence-electron chi connectivity index (χ2n) is 4.50. The summed E-state index contributed by atoms with van der Waals surface area (Å²) in [6.45, 7) is 4.04. The molecule has 0 spiro atoms. The number of aliphatic hydroxyl groups excluding tert-OH is 1. The van der Waals surface area contributed by atoms with E-state index in [0.29, 0.717) is 6.42 Å². The number of hydrogen-bond acceptors (Lipinski definition) is 2. The van der Waals surface area contributed by atoms with Crippen molar-refractivity contribution in [2.75, 3.05) is 0 Å². The van der Waals surface area contributed by atoms with E-state index in [1.54, 1.807) is 6.20 Å². The van der Waals surface area contributed by atoms with E-state index in [4.69, 9.17) is 0 Å². The predicted molar refractivity (Wildman–Crippen MR) is 76.5 cm³/mol. The molecule has 2 rings (SSSR count). The Hall–Kier alpha value is -1.19. The van der Waals surface area contributed by atoms with Gasteiger partial charge in [0.25, 0.3) is 0 Å². The maximum absolute atomic E-state index is 10.3. The quantitative estimate of drug-likeness (QED) is 0.937. The van der Waals surface area contributed by atoms with Gasteiger partial charge in [0.2, 0.25) is 0 Å². The van der Waals surface area contributed by atoms with Gasteiger partial charge in [-0.25, -0.2) is 0 Å². The summed E-state index contributed by atoms with van der Waals surface area (Å²) in [5, 5.41) is 10.3. The molecular weight excluding hydrogens is 290 g/mol. The summed E-state index contributed by atoms with van der Waals surface area (Å²) in [6, 6.07) is 9.86. The Bertz CT molecular complexity index is 554. The molecule has 3 heteroatoms. The minimum absolute atomic E-state index is 0.518. The first-order valence-corrected chi connectivity index (χ1v) is 6.72. The van der Waals surface area contributed by atoms with Crippen LogP contribution in [0.25, 0.3) is 0 Å². The van der Waals surface area contributed by atoms with Crippen molar-refractivity contribution < 1.29 is 5.11 Å². The van der Waals surface area contributed by atoms with Gasteiger partial charge in [-0.1, -0.05) is 34.1 Å². The molecule has 0 aliphatic rings. The van der Waals surface area contributed by atoms with Gasteiger partial charge in [0.15, 0.2) is 0 Å². The molecule has 0 fully saturated rings. The largest absolute Gasteiger partial charge is 0.388 e. The topological polar surface area (TPSA) is 33.1 Å². The van der Waals surface area contributed by atoms with Crippen molar-refractivity contribution in [1.29, 1.82) is 0 Å². The van der Waals surface area contributed by atoms with Crippen molar-refractivity contribution in [1.82, 2.24) is 4.98 Å². The molecule has 0 bridgehead atoms. The summed E-state index contributed by atoms with van der Waals surface area (Å²) < 4.78 is 1.02. The molecular formula is C15H16BrNO. The standard InChI is InChI=1S/C15H16BrNO/c1-10-5-6-12(8-13(10)16)15(18)9-14-11(2)4-3-7-17-14/h3-8,15,18H,9H2,1-2H3. The van der Waals surface area contributed by atoms with Gasteiger partial charge in [-0.2, -0.15) is 0 Å². The minimum atomic E-state index is -0.518. The van der Waals surface area contributed by atoms with E-state index in [1.165, 1.54) is 5.56 Å². The lowest BCUT2D eigenvalue weighted by atomic mass is 10.0. The number of nitrogens with zero attached hydrogens (tertiary/aromatic N) is 1. The maximum Gasteiger partial charge on any atom is 0.0845 e. The summed E-state index contributed by atoms with van der Waals surface area (Å²) in [4.78, 5) is 4.31. The van der Waals surface area contributed by atoms with Crippen LogP contribution in [0.5, 0.6) is 0 Å². The molecule has 0 amide bonds. The lowest BCUT2D eigenvalue weighted by Crippen LogP contribution is -2.05. The number of aliphatic hydroxyl groups is 1. The van der Waals surface area contributed by atoms with Crippen LogP contribution in [0.1, 0.15) is 28.5 Å². The lowest BCUT2D eigenvalue weighted by Gasteiger charge is -2.13.